The van der Waals surface area contributed by atoms with Crippen molar-refractivity contribution in [1.82, 2.24) is 20.0 Å². The van der Waals surface area contributed by atoms with Crippen molar-refractivity contribution in [2.45, 2.75) is 64.4 Å². The first-order chi connectivity index (χ1) is 14.3. The van der Waals surface area contributed by atoms with Crippen LogP contribution in [-0.2, 0) is 9.53 Å². The molecule has 0 radical (unpaired) electrons. The first-order valence-electron chi connectivity index (χ1n) is 11.9. The Balaban J connectivity index is 1.34. The lowest BCUT2D eigenvalue weighted by Crippen LogP contribution is -2.55. The zero-order valence-corrected chi connectivity index (χ0v) is 18.4. The van der Waals surface area contributed by atoms with E-state index in [1.54, 1.807) is 0 Å². The van der Waals surface area contributed by atoms with Crippen molar-refractivity contribution in [3.63, 3.8) is 0 Å². The molecule has 3 heterocycles. The van der Waals surface area contributed by atoms with Crippen molar-refractivity contribution in [2.24, 2.45) is 4.99 Å². The molecule has 1 unspecified atom stereocenters. The molecule has 3 rings (SSSR count). The number of piperidine rings is 1. The highest BCUT2D eigenvalue weighted by atomic mass is 16.5. The number of ether oxygens (including phenoxy) is 1. The van der Waals surface area contributed by atoms with Crippen LogP contribution >= 0.6 is 0 Å². The molecule has 7 heteroatoms. The number of hydrogen-bond acceptors (Lipinski definition) is 4. The average molecular weight is 408 g/mol. The summed E-state index contributed by atoms with van der Waals surface area (Å²) in [7, 11) is 0. The first kappa shape index (κ1) is 22.3. The molecule has 3 saturated heterocycles. The molecule has 29 heavy (non-hydrogen) atoms. The van der Waals surface area contributed by atoms with Crippen LogP contribution in [0.3, 0.4) is 0 Å². The van der Waals surface area contributed by atoms with Gasteiger partial charge in [-0.2, -0.15) is 0 Å². The Morgan fingerprint density at radius 2 is 1.72 bits per heavy atom. The Labute approximate surface area is 176 Å². The number of nitrogens with one attached hydrogen (secondary N) is 1. The molecule has 0 aromatic heterocycles. The normalized spacial score (nSPS) is 24.2. The highest BCUT2D eigenvalue weighted by molar-refractivity contribution is 5.82. The van der Waals surface area contributed by atoms with Crippen LogP contribution in [0.5, 0.6) is 0 Å². The maximum atomic E-state index is 12.5. The van der Waals surface area contributed by atoms with Crippen molar-refractivity contribution >= 4 is 11.9 Å². The number of unbranched alkanes of at least 4 members (excludes halogenated alkanes) is 2. The largest absolute Gasteiger partial charge is 0.368 e. The molecule has 0 bridgehead atoms. The Morgan fingerprint density at radius 1 is 0.966 bits per heavy atom. The molecular weight excluding hydrogens is 366 g/mol. The first-order valence-corrected chi connectivity index (χ1v) is 11.9. The van der Waals surface area contributed by atoms with E-state index in [1.165, 1.54) is 51.7 Å². The van der Waals surface area contributed by atoms with Crippen molar-refractivity contribution in [3.05, 3.63) is 0 Å². The van der Waals surface area contributed by atoms with Gasteiger partial charge >= 0.3 is 0 Å². The van der Waals surface area contributed by atoms with Crippen LogP contribution in [0.25, 0.3) is 0 Å². The summed E-state index contributed by atoms with van der Waals surface area (Å²) >= 11 is 0. The Bertz CT molecular complexity index is 507. The SMILES string of the molecule is CCNC(=NCCCCCN1CCCCC1)N1CCN(C(=O)C2CCCO2)CC1. The molecule has 7 nitrogen and oxygen atoms in total. The zero-order valence-electron chi connectivity index (χ0n) is 18.4. The number of carbonyl (C=O) groups is 1. The Hall–Kier alpha value is -1.34. The molecule has 0 saturated carbocycles. The van der Waals surface area contributed by atoms with E-state index in [0.29, 0.717) is 0 Å². The Morgan fingerprint density at radius 3 is 2.41 bits per heavy atom. The van der Waals surface area contributed by atoms with Gasteiger partial charge in [0.05, 0.1) is 0 Å². The lowest BCUT2D eigenvalue weighted by atomic mass is 10.1. The monoisotopic (exact) mass is 407 g/mol. The second kappa shape index (κ2) is 12.4. The number of likely N-dealkylation sites (tertiary alicyclic amines) is 1. The molecule has 0 aromatic carbocycles. The number of aliphatic imine (C=N–C) groups is 1. The summed E-state index contributed by atoms with van der Waals surface area (Å²) in [6.07, 6.45) is 9.54. The lowest BCUT2D eigenvalue weighted by molar-refractivity contribution is -0.142. The fraction of sp³-hybridized carbons (Fsp3) is 0.909. The highest BCUT2D eigenvalue weighted by Crippen LogP contribution is 2.16. The van der Waals surface area contributed by atoms with Gasteiger partial charge in [-0.05, 0) is 65.1 Å². The zero-order chi connectivity index (χ0) is 20.3. The molecule has 3 fully saturated rings. The van der Waals surface area contributed by atoms with E-state index in [1.807, 2.05) is 4.90 Å². The van der Waals surface area contributed by atoms with Gasteiger partial charge in [0.15, 0.2) is 5.96 Å². The van der Waals surface area contributed by atoms with Gasteiger partial charge in [0.1, 0.15) is 6.10 Å². The number of rotatable bonds is 8. The fourth-order valence-electron chi connectivity index (χ4n) is 4.53. The average Bonchev–Trinajstić information content (AvgIpc) is 3.31. The second-order valence-electron chi connectivity index (χ2n) is 8.51. The van der Waals surface area contributed by atoms with Crippen LogP contribution < -0.4 is 5.32 Å². The third-order valence-electron chi connectivity index (χ3n) is 6.27. The van der Waals surface area contributed by atoms with Crippen LogP contribution in [0, 0.1) is 0 Å². The van der Waals surface area contributed by atoms with E-state index in [-0.39, 0.29) is 12.0 Å². The standard InChI is InChI=1S/C22H41N5O2/c1-2-23-22(24-11-5-3-6-12-25-13-7-4-8-14-25)27-17-15-26(16-18-27)21(28)20-10-9-19-29-20/h20H,2-19H2,1H3,(H,23,24). The van der Waals surface area contributed by atoms with Gasteiger partial charge in [-0.15, -0.1) is 0 Å². The number of hydrogen-bond donors (Lipinski definition) is 1. The van der Waals surface area contributed by atoms with E-state index in [2.05, 4.69) is 22.0 Å². The van der Waals surface area contributed by atoms with Crippen molar-refractivity contribution in [2.75, 3.05) is 65.5 Å². The minimum absolute atomic E-state index is 0.179. The van der Waals surface area contributed by atoms with Gasteiger partial charge in [-0.25, -0.2) is 0 Å². The van der Waals surface area contributed by atoms with Gasteiger partial charge in [0.25, 0.3) is 5.91 Å². The summed E-state index contributed by atoms with van der Waals surface area (Å²) in [5.74, 6) is 1.19. The van der Waals surface area contributed by atoms with Crippen LogP contribution in [0.2, 0.25) is 0 Å². The van der Waals surface area contributed by atoms with Gasteiger partial charge in [-0.3, -0.25) is 9.79 Å². The summed E-state index contributed by atoms with van der Waals surface area (Å²) in [6.45, 7) is 11.7. The number of amides is 1. The van der Waals surface area contributed by atoms with Crippen molar-refractivity contribution in [1.29, 1.82) is 0 Å². The molecule has 1 amide bonds. The summed E-state index contributed by atoms with van der Waals surface area (Å²) < 4.78 is 5.56. The summed E-state index contributed by atoms with van der Waals surface area (Å²) in [4.78, 5) is 24.3. The minimum atomic E-state index is -0.201. The summed E-state index contributed by atoms with van der Waals surface area (Å²) in [5, 5.41) is 3.43. The number of carbonyl (C=O) groups excluding carboxylic acids is 1. The smallest absolute Gasteiger partial charge is 0.251 e. The molecule has 0 spiro atoms. The maximum Gasteiger partial charge on any atom is 0.251 e. The molecule has 0 aliphatic carbocycles. The number of guanidine groups is 1. The highest BCUT2D eigenvalue weighted by Gasteiger charge is 2.30. The summed E-state index contributed by atoms with van der Waals surface area (Å²) in [6, 6.07) is 0. The second-order valence-corrected chi connectivity index (χ2v) is 8.51. The molecule has 166 valence electrons. The lowest BCUT2D eigenvalue weighted by Gasteiger charge is -2.37. The molecule has 1 N–H and O–H groups in total. The van der Waals surface area contributed by atoms with E-state index < -0.39 is 0 Å². The van der Waals surface area contributed by atoms with E-state index in [4.69, 9.17) is 9.73 Å². The third-order valence-corrected chi connectivity index (χ3v) is 6.27. The van der Waals surface area contributed by atoms with Crippen LogP contribution in [-0.4, -0.2) is 98.2 Å². The topological polar surface area (TPSA) is 60.4 Å². The molecule has 0 aromatic rings. The maximum absolute atomic E-state index is 12.5. The van der Waals surface area contributed by atoms with E-state index in [9.17, 15) is 4.79 Å². The molecule has 3 aliphatic heterocycles. The number of piperazine rings is 1. The molecule has 3 aliphatic rings. The van der Waals surface area contributed by atoms with Crippen LogP contribution in [0.1, 0.15) is 58.3 Å². The van der Waals surface area contributed by atoms with Gasteiger partial charge in [-0.1, -0.05) is 12.8 Å². The number of nitrogens with zero attached hydrogens (tertiary/aromatic N) is 4. The predicted molar refractivity (Wildman–Crippen MR) is 117 cm³/mol. The third kappa shape index (κ3) is 7.14. The Kier molecular flexibility index (Phi) is 9.54. The van der Waals surface area contributed by atoms with Gasteiger partial charge in [0.2, 0.25) is 0 Å². The summed E-state index contributed by atoms with van der Waals surface area (Å²) in [5.41, 5.74) is 0. The van der Waals surface area contributed by atoms with Crippen molar-refractivity contribution in [3.8, 4) is 0 Å². The van der Waals surface area contributed by atoms with E-state index in [0.717, 1.165) is 71.1 Å². The fourth-order valence-corrected chi connectivity index (χ4v) is 4.53. The van der Waals surface area contributed by atoms with Crippen molar-refractivity contribution < 1.29 is 9.53 Å². The molecular formula is C22H41N5O2. The van der Waals surface area contributed by atoms with Gasteiger partial charge in [0, 0.05) is 45.9 Å². The quantitative estimate of drug-likeness (QED) is 0.378. The van der Waals surface area contributed by atoms with Crippen LogP contribution in [0.4, 0.5) is 0 Å². The minimum Gasteiger partial charge on any atom is -0.368 e. The van der Waals surface area contributed by atoms with Crippen LogP contribution in [0.15, 0.2) is 4.99 Å². The molecule has 1 atom stereocenters. The van der Waals surface area contributed by atoms with E-state index >= 15 is 0 Å². The predicted octanol–water partition coefficient (Wildman–Crippen LogP) is 1.93. The van der Waals surface area contributed by atoms with Gasteiger partial charge < -0.3 is 24.8 Å².